The second-order valence-corrected chi connectivity index (χ2v) is 7.55. The second-order valence-electron chi connectivity index (χ2n) is 7.55. The van der Waals surface area contributed by atoms with Crippen molar-refractivity contribution in [1.82, 2.24) is 4.90 Å². The van der Waals surface area contributed by atoms with Crippen LogP contribution >= 0.6 is 0 Å². The van der Waals surface area contributed by atoms with E-state index in [4.69, 9.17) is 19.5 Å². The molecule has 2 aromatic carbocycles. The van der Waals surface area contributed by atoms with Crippen LogP contribution in [0.5, 0.6) is 17.2 Å². The lowest BCUT2D eigenvalue weighted by Gasteiger charge is -2.23. The number of ether oxygens (including phenoxy) is 3. The Morgan fingerprint density at radius 3 is 2.28 bits per heavy atom. The van der Waals surface area contributed by atoms with Crippen LogP contribution in [-0.2, 0) is 4.79 Å². The Hall–Kier alpha value is -3.44. The predicted octanol–water partition coefficient (Wildman–Crippen LogP) is 3.12. The molecule has 2 aromatic rings. The van der Waals surface area contributed by atoms with E-state index in [2.05, 4.69) is 21.2 Å². The SMILES string of the molecule is COc1cc(NC(=O)CCN2CCCN(c3ccc(C#N)cc3)CC2)cc(OC)c1OC. The maximum Gasteiger partial charge on any atom is 0.225 e. The van der Waals surface area contributed by atoms with Crippen molar-refractivity contribution < 1.29 is 19.0 Å². The molecular formula is C24H30N4O4. The summed E-state index contributed by atoms with van der Waals surface area (Å²) < 4.78 is 16.0. The fourth-order valence-corrected chi connectivity index (χ4v) is 3.84. The smallest absolute Gasteiger partial charge is 0.225 e. The first kappa shape index (κ1) is 23.2. The van der Waals surface area contributed by atoms with E-state index in [1.54, 1.807) is 33.5 Å². The summed E-state index contributed by atoms with van der Waals surface area (Å²) in [4.78, 5) is 17.2. The van der Waals surface area contributed by atoms with Crippen molar-refractivity contribution in [2.45, 2.75) is 12.8 Å². The van der Waals surface area contributed by atoms with Crippen LogP contribution in [0.1, 0.15) is 18.4 Å². The summed E-state index contributed by atoms with van der Waals surface area (Å²) in [7, 11) is 4.63. The molecule has 32 heavy (non-hydrogen) atoms. The van der Waals surface area contributed by atoms with E-state index in [0.717, 1.165) is 38.3 Å². The fraction of sp³-hybridized carbons (Fsp3) is 0.417. The number of nitrogens with zero attached hydrogens (tertiary/aromatic N) is 3. The molecule has 8 nitrogen and oxygen atoms in total. The monoisotopic (exact) mass is 438 g/mol. The highest BCUT2D eigenvalue weighted by atomic mass is 16.5. The molecule has 1 aliphatic heterocycles. The summed E-state index contributed by atoms with van der Waals surface area (Å²) in [6.07, 6.45) is 1.42. The van der Waals surface area contributed by atoms with Crippen LogP contribution in [0.4, 0.5) is 11.4 Å². The van der Waals surface area contributed by atoms with Gasteiger partial charge < -0.3 is 29.3 Å². The number of hydrogen-bond donors (Lipinski definition) is 1. The summed E-state index contributed by atoms with van der Waals surface area (Å²) in [6.45, 7) is 4.37. The Morgan fingerprint density at radius 2 is 1.69 bits per heavy atom. The fourth-order valence-electron chi connectivity index (χ4n) is 3.84. The molecular weight excluding hydrogens is 408 g/mol. The first-order valence-corrected chi connectivity index (χ1v) is 10.6. The van der Waals surface area contributed by atoms with E-state index >= 15 is 0 Å². The van der Waals surface area contributed by atoms with E-state index in [1.165, 1.54) is 0 Å². The van der Waals surface area contributed by atoms with Gasteiger partial charge in [-0.3, -0.25) is 4.79 Å². The lowest BCUT2D eigenvalue weighted by molar-refractivity contribution is -0.116. The molecule has 0 radical (unpaired) electrons. The molecule has 1 amide bonds. The number of benzene rings is 2. The van der Waals surface area contributed by atoms with Gasteiger partial charge in [0.25, 0.3) is 0 Å². The Labute approximate surface area is 189 Å². The van der Waals surface area contributed by atoms with Gasteiger partial charge in [-0.05, 0) is 37.2 Å². The molecule has 1 aliphatic rings. The minimum Gasteiger partial charge on any atom is -0.493 e. The van der Waals surface area contributed by atoms with E-state index in [0.29, 0.717) is 41.5 Å². The highest BCUT2D eigenvalue weighted by Gasteiger charge is 2.17. The Kier molecular flexibility index (Phi) is 8.17. The zero-order valence-corrected chi connectivity index (χ0v) is 18.9. The van der Waals surface area contributed by atoms with Gasteiger partial charge in [0.2, 0.25) is 11.7 Å². The zero-order valence-electron chi connectivity index (χ0n) is 18.9. The van der Waals surface area contributed by atoms with E-state index in [1.807, 2.05) is 24.3 Å². The topological polar surface area (TPSA) is 87.1 Å². The number of rotatable bonds is 8. The lowest BCUT2D eigenvalue weighted by Crippen LogP contribution is -2.32. The van der Waals surface area contributed by atoms with Crippen molar-refractivity contribution >= 4 is 17.3 Å². The van der Waals surface area contributed by atoms with Crippen molar-refractivity contribution in [3.63, 3.8) is 0 Å². The lowest BCUT2D eigenvalue weighted by atomic mass is 10.2. The normalized spacial score (nSPS) is 14.2. The largest absolute Gasteiger partial charge is 0.493 e. The molecule has 170 valence electrons. The maximum atomic E-state index is 12.6. The Balaban J connectivity index is 1.52. The molecule has 0 aliphatic carbocycles. The molecule has 1 N–H and O–H groups in total. The van der Waals surface area contributed by atoms with E-state index < -0.39 is 0 Å². The summed E-state index contributed by atoms with van der Waals surface area (Å²) >= 11 is 0. The van der Waals surface area contributed by atoms with Gasteiger partial charge in [0.05, 0.1) is 33.0 Å². The maximum absolute atomic E-state index is 12.6. The van der Waals surface area contributed by atoms with Crippen LogP contribution in [0.3, 0.4) is 0 Å². The average molecular weight is 439 g/mol. The molecule has 0 bridgehead atoms. The summed E-state index contributed by atoms with van der Waals surface area (Å²) in [5.41, 5.74) is 2.40. The van der Waals surface area contributed by atoms with Crippen LogP contribution in [0.25, 0.3) is 0 Å². The molecule has 1 heterocycles. The number of anilines is 2. The molecule has 0 spiro atoms. The third-order valence-corrected chi connectivity index (χ3v) is 5.55. The third kappa shape index (κ3) is 5.83. The minimum absolute atomic E-state index is 0.0625. The van der Waals surface area contributed by atoms with Crippen LogP contribution in [-0.4, -0.2) is 64.9 Å². The number of nitrogens with one attached hydrogen (secondary N) is 1. The molecule has 1 saturated heterocycles. The first-order valence-electron chi connectivity index (χ1n) is 10.6. The Bertz CT molecular complexity index is 930. The van der Waals surface area contributed by atoms with Crippen LogP contribution < -0.4 is 24.4 Å². The molecule has 8 heteroatoms. The van der Waals surface area contributed by atoms with Crippen molar-refractivity contribution in [3.05, 3.63) is 42.0 Å². The van der Waals surface area contributed by atoms with Crippen molar-refractivity contribution in [2.24, 2.45) is 0 Å². The summed E-state index contributed by atoms with van der Waals surface area (Å²) in [6, 6.07) is 13.3. The van der Waals surface area contributed by atoms with E-state index in [-0.39, 0.29) is 5.91 Å². The number of amides is 1. The third-order valence-electron chi connectivity index (χ3n) is 5.55. The number of carbonyl (C=O) groups is 1. The second kappa shape index (κ2) is 11.3. The minimum atomic E-state index is -0.0625. The number of methoxy groups -OCH3 is 3. The van der Waals surface area contributed by atoms with Gasteiger partial charge in [0.1, 0.15) is 0 Å². The number of nitriles is 1. The Morgan fingerprint density at radius 1 is 1.00 bits per heavy atom. The van der Waals surface area contributed by atoms with Gasteiger partial charge in [0, 0.05) is 56.1 Å². The van der Waals surface area contributed by atoms with Gasteiger partial charge in [-0.25, -0.2) is 0 Å². The molecule has 0 aromatic heterocycles. The number of carbonyl (C=O) groups excluding carboxylic acids is 1. The van der Waals surface area contributed by atoms with Crippen LogP contribution in [0, 0.1) is 11.3 Å². The van der Waals surface area contributed by atoms with Crippen molar-refractivity contribution in [2.75, 3.05) is 64.3 Å². The van der Waals surface area contributed by atoms with Gasteiger partial charge in [0.15, 0.2) is 11.5 Å². The predicted molar refractivity (Wildman–Crippen MR) is 124 cm³/mol. The molecule has 1 fully saturated rings. The average Bonchev–Trinajstić information content (AvgIpc) is 3.07. The molecule has 0 saturated carbocycles. The van der Waals surface area contributed by atoms with Gasteiger partial charge in [-0.1, -0.05) is 0 Å². The zero-order chi connectivity index (χ0) is 22.9. The van der Waals surface area contributed by atoms with Crippen LogP contribution in [0.2, 0.25) is 0 Å². The van der Waals surface area contributed by atoms with Gasteiger partial charge in [-0.2, -0.15) is 5.26 Å². The molecule has 0 unspecified atom stereocenters. The van der Waals surface area contributed by atoms with Crippen molar-refractivity contribution in [1.29, 1.82) is 5.26 Å². The van der Waals surface area contributed by atoms with Crippen LogP contribution in [0.15, 0.2) is 36.4 Å². The summed E-state index contributed by atoms with van der Waals surface area (Å²) in [5, 5.41) is 11.9. The number of hydrogen-bond acceptors (Lipinski definition) is 7. The van der Waals surface area contributed by atoms with Crippen molar-refractivity contribution in [3.8, 4) is 23.3 Å². The summed E-state index contributed by atoms with van der Waals surface area (Å²) in [5.74, 6) is 1.42. The standard InChI is InChI=1S/C24H30N4O4/c1-30-21-15-19(16-22(31-2)24(21)32-3)26-23(29)9-12-27-10-4-11-28(14-13-27)20-7-5-18(17-25)6-8-20/h5-8,15-16H,4,9-14H2,1-3H3,(H,26,29). The van der Waals surface area contributed by atoms with E-state index in [9.17, 15) is 4.79 Å². The molecule has 0 atom stereocenters. The quantitative estimate of drug-likeness (QED) is 0.678. The van der Waals surface area contributed by atoms with Gasteiger partial charge in [-0.15, -0.1) is 0 Å². The van der Waals surface area contributed by atoms with Gasteiger partial charge >= 0.3 is 0 Å². The highest BCUT2D eigenvalue weighted by molar-refractivity contribution is 5.91. The first-order chi connectivity index (χ1) is 15.6. The molecule has 3 rings (SSSR count). The highest BCUT2D eigenvalue weighted by Crippen LogP contribution is 2.39.